The number of hydrogen-bond donors (Lipinski definition) is 0. The predicted octanol–water partition coefficient (Wildman–Crippen LogP) is 6.31. The first-order valence-electron chi connectivity index (χ1n) is 8.89. The average molecular weight is 482 g/mol. The molecular weight excluding hydrogens is 471 g/mol. The summed E-state index contributed by atoms with van der Waals surface area (Å²) in [5.41, 5.74) is 0.602. The summed E-state index contributed by atoms with van der Waals surface area (Å²) in [5.74, 6) is -11.4. The number of ether oxygens (including phenoxy) is 1. The largest absolute Gasteiger partial charge is 0.402 e. The molecule has 0 N–H and O–H groups in total. The number of carbonyl (C=O) groups excluding carboxylic acids is 1. The molecule has 4 rings (SSSR count). The molecule has 0 aliphatic carbocycles. The van der Waals surface area contributed by atoms with Crippen molar-refractivity contribution in [1.29, 1.82) is 0 Å². The Balaban J connectivity index is 1.86. The Morgan fingerprint density at radius 1 is 0.906 bits per heavy atom. The summed E-state index contributed by atoms with van der Waals surface area (Å²) in [6, 6.07) is 11.5. The van der Waals surface area contributed by atoms with Crippen molar-refractivity contribution in [3.63, 3.8) is 0 Å². The number of esters is 1. The second-order valence-corrected chi connectivity index (χ2v) is 8.30. The number of para-hydroxylation sites is 1. The number of thiophene rings is 1. The number of aromatic nitrogens is 2. The third kappa shape index (κ3) is 3.89. The van der Waals surface area contributed by atoms with E-state index in [2.05, 4.69) is 5.10 Å². The Hall–Kier alpha value is -3.18. The zero-order chi connectivity index (χ0) is 23.0. The molecule has 2 aromatic carbocycles. The molecule has 164 valence electrons. The van der Waals surface area contributed by atoms with Crippen molar-refractivity contribution >= 4 is 29.1 Å². The van der Waals surface area contributed by atoms with Crippen LogP contribution in [0.1, 0.15) is 15.4 Å². The lowest BCUT2D eigenvalue weighted by molar-refractivity contribution is 0.0723. The summed E-state index contributed by atoms with van der Waals surface area (Å²) in [6.45, 7) is 1.45. The number of halogens is 5. The molecule has 0 bridgehead atoms. The molecule has 4 aromatic rings. The number of aryl methyl sites for hydroxylation is 1. The molecule has 4 nitrogen and oxygen atoms in total. The van der Waals surface area contributed by atoms with Crippen LogP contribution < -0.4 is 4.74 Å². The Morgan fingerprint density at radius 3 is 2.12 bits per heavy atom. The smallest absolute Gasteiger partial charge is 0.355 e. The highest BCUT2D eigenvalue weighted by Crippen LogP contribution is 2.42. The molecule has 0 fully saturated rings. The van der Waals surface area contributed by atoms with E-state index in [9.17, 15) is 26.7 Å². The van der Waals surface area contributed by atoms with Crippen molar-refractivity contribution in [3.05, 3.63) is 87.5 Å². The topological polar surface area (TPSA) is 44.1 Å². The Labute approximate surface area is 186 Å². The van der Waals surface area contributed by atoms with Crippen molar-refractivity contribution in [2.24, 2.45) is 0 Å². The van der Waals surface area contributed by atoms with Crippen LogP contribution in [0.2, 0.25) is 0 Å². The Bertz CT molecular complexity index is 1280. The van der Waals surface area contributed by atoms with Gasteiger partial charge in [0, 0.05) is 0 Å². The van der Waals surface area contributed by atoms with Crippen LogP contribution in [0.4, 0.5) is 22.0 Å². The zero-order valence-electron chi connectivity index (χ0n) is 16.0. The third-order valence-corrected chi connectivity index (χ3v) is 6.34. The quantitative estimate of drug-likeness (QED) is 0.145. The van der Waals surface area contributed by atoms with Crippen LogP contribution >= 0.6 is 23.1 Å². The minimum absolute atomic E-state index is 0.0815. The van der Waals surface area contributed by atoms with Gasteiger partial charge in [-0.1, -0.05) is 36.0 Å². The van der Waals surface area contributed by atoms with Crippen LogP contribution in [0.5, 0.6) is 5.88 Å². The summed E-state index contributed by atoms with van der Waals surface area (Å²) in [4.78, 5) is 11.6. The summed E-state index contributed by atoms with van der Waals surface area (Å²) < 4.78 is 76.1. The monoisotopic (exact) mass is 482 g/mol. The van der Waals surface area contributed by atoms with Crippen molar-refractivity contribution in [2.75, 3.05) is 0 Å². The van der Waals surface area contributed by atoms with Gasteiger partial charge in [-0.15, -0.1) is 11.3 Å². The fourth-order valence-corrected chi connectivity index (χ4v) is 4.32. The summed E-state index contributed by atoms with van der Waals surface area (Å²) >= 11 is 1.34. The molecule has 0 aliphatic heterocycles. The lowest BCUT2D eigenvalue weighted by atomic mass is 10.3. The van der Waals surface area contributed by atoms with Gasteiger partial charge in [0.05, 0.1) is 21.2 Å². The minimum atomic E-state index is -2.26. The van der Waals surface area contributed by atoms with Gasteiger partial charge in [-0.25, -0.2) is 26.7 Å². The van der Waals surface area contributed by atoms with Gasteiger partial charge >= 0.3 is 5.97 Å². The molecule has 2 heterocycles. The highest BCUT2D eigenvalue weighted by molar-refractivity contribution is 7.99. The first-order chi connectivity index (χ1) is 15.3. The van der Waals surface area contributed by atoms with Gasteiger partial charge < -0.3 is 4.74 Å². The number of carbonyl (C=O) groups is 1. The van der Waals surface area contributed by atoms with E-state index in [1.165, 1.54) is 17.7 Å². The number of rotatable bonds is 5. The molecule has 32 heavy (non-hydrogen) atoms. The van der Waals surface area contributed by atoms with Crippen molar-refractivity contribution in [2.45, 2.75) is 16.7 Å². The standard InChI is InChI=1S/C21H11F5N2O2S2/c1-10-18(32-19-16(25)14(23)13(22)15(24)17(19)26)20(30-21(29)12-8-5-9-31-12)28(27-10)11-6-3-2-4-7-11/h2-9H,1H3. The molecule has 0 radical (unpaired) electrons. The van der Waals surface area contributed by atoms with Crippen LogP contribution in [0.3, 0.4) is 0 Å². The molecular formula is C21H11F5N2O2S2. The molecule has 2 aromatic heterocycles. The first kappa shape index (κ1) is 22.0. The van der Waals surface area contributed by atoms with Crippen molar-refractivity contribution < 1.29 is 31.5 Å². The maximum Gasteiger partial charge on any atom is 0.355 e. The SMILES string of the molecule is Cc1nn(-c2ccccc2)c(OC(=O)c2cccs2)c1Sc1c(F)c(F)c(F)c(F)c1F. The maximum absolute atomic E-state index is 14.3. The van der Waals surface area contributed by atoms with Gasteiger partial charge in [0.15, 0.2) is 23.3 Å². The molecule has 0 saturated carbocycles. The lowest BCUT2D eigenvalue weighted by Crippen LogP contribution is -2.11. The third-order valence-electron chi connectivity index (χ3n) is 4.25. The van der Waals surface area contributed by atoms with E-state index in [1.54, 1.807) is 41.8 Å². The molecule has 0 saturated heterocycles. The van der Waals surface area contributed by atoms with E-state index in [-0.39, 0.29) is 33.1 Å². The van der Waals surface area contributed by atoms with Crippen LogP contribution in [0.15, 0.2) is 57.6 Å². The molecule has 0 spiro atoms. The van der Waals surface area contributed by atoms with Crippen LogP contribution in [0, 0.1) is 36.0 Å². The normalized spacial score (nSPS) is 11.1. The van der Waals surface area contributed by atoms with E-state index in [4.69, 9.17) is 4.74 Å². The van der Waals surface area contributed by atoms with E-state index >= 15 is 0 Å². The zero-order valence-corrected chi connectivity index (χ0v) is 17.7. The van der Waals surface area contributed by atoms with Gasteiger partial charge in [-0.05, 0) is 30.5 Å². The van der Waals surface area contributed by atoms with Crippen LogP contribution in [-0.4, -0.2) is 15.7 Å². The molecule has 0 atom stereocenters. The summed E-state index contributed by atoms with van der Waals surface area (Å²) in [6.07, 6.45) is 0. The van der Waals surface area contributed by atoms with E-state index in [1.807, 2.05) is 0 Å². The van der Waals surface area contributed by atoms with Gasteiger partial charge in [0.1, 0.15) is 4.88 Å². The lowest BCUT2D eigenvalue weighted by Gasteiger charge is -2.11. The van der Waals surface area contributed by atoms with Gasteiger partial charge in [0.25, 0.3) is 0 Å². The van der Waals surface area contributed by atoms with Crippen molar-refractivity contribution in [1.82, 2.24) is 9.78 Å². The van der Waals surface area contributed by atoms with Crippen molar-refractivity contribution in [3.8, 4) is 11.6 Å². The molecule has 11 heteroatoms. The minimum Gasteiger partial charge on any atom is -0.402 e. The highest BCUT2D eigenvalue weighted by Gasteiger charge is 2.30. The number of benzene rings is 2. The van der Waals surface area contributed by atoms with Gasteiger partial charge in [0.2, 0.25) is 11.7 Å². The van der Waals surface area contributed by atoms with E-state index in [0.717, 1.165) is 11.3 Å². The summed E-state index contributed by atoms with van der Waals surface area (Å²) in [5, 5.41) is 5.90. The van der Waals surface area contributed by atoms with E-state index in [0.29, 0.717) is 5.69 Å². The second kappa shape index (κ2) is 8.75. The van der Waals surface area contributed by atoms with Gasteiger partial charge in [-0.3, -0.25) is 0 Å². The summed E-state index contributed by atoms with van der Waals surface area (Å²) in [7, 11) is 0. The number of hydrogen-bond acceptors (Lipinski definition) is 5. The Morgan fingerprint density at radius 2 is 1.53 bits per heavy atom. The van der Waals surface area contributed by atoms with Crippen LogP contribution in [-0.2, 0) is 0 Å². The fourth-order valence-electron chi connectivity index (χ4n) is 2.75. The molecule has 0 aliphatic rings. The Kier molecular flexibility index (Phi) is 6.02. The molecule has 0 amide bonds. The second-order valence-electron chi connectivity index (χ2n) is 6.33. The number of nitrogens with zero attached hydrogens (tertiary/aromatic N) is 2. The van der Waals surface area contributed by atoms with Crippen LogP contribution in [0.25, 0.3) is 5.69 Å². The maximum atomic E-state index is 14.3. The predicted molar refractivity (Wildman–Crippen MR) is 108 cm³/mol. The average Bonchev–Trinajstić information content (AvgIpc) is 3.44. The first-order valence-corrected chi connectivity index (χ1v) is 10.6. The molecule has 0 unspecified atom stereocenters. The van der Waals surface area contributed by atoms with E-state index < -0.39 is 40.0 Å². The van der Waals surface area contributed by atoms with Gasteiger partial charge in [-0.2, -0.15) is 9.78 Å². The highest BCUT2D eigenvalue weighted by atomic mass is 32.2. The fraction of sp³-hybridized carbons (Fsp3) is 0.0476.